The van der Waals surface area contributed by atoms with Gasteiger partial charge in [-0.15, -0.1) is 12.8 Å². The SMILES string of the molecule is C#C.C=C(NCCC1CCN(Cc2ccc(CN3C(=C)NC/C3=N\C(=N/CN)OCCCC)cc2)CC1)c1cc(F)c(N)c(F)c1. The van der Waals surface area contributed by atoms with Gasteiger partial charge in [-0.1, -0.05) is 50.8 Å². The van der Waals surface area contributed by atoms with Crippen LogP contribution in [0.1, 0.15) is 55.7 Å². The van der Waals surface area contributed by atoms with Gasteiger partial charge in [0.2, 0.25) is 0 Å². The van der Waals surface area contributed by atoms with E-state index in [1.807, 2.05) is 4.90 Å². The minimum Gasteiger partial charge on any atom is -0.464 e. The quantitative estimate of drug-likeness (QED) is 0.0804. The molecule has 2 heterocycles. The maximum Gasteiger partial charge on any atom is 0.314 e. The number of nitrogens with two attached hydrogens (primary N) is 2. The first-order chi connectivity index (χ1) is 22.3. The number of likely N-dealkylation sites (tertiary alicyclic amines) is 1. The Hall–Kier alpha value is -4.40. The maximum absolute atomic E-state index is 13.8. The van der Waals surface area contributed by atoms with Crippen molar-refractivity contribution in [3.8, 4) is 12.8 Å². The van der Waals surface area contributed by atoms with Crippen LogP contribution in [0.3, 0.4) is 0 Å². The van der Waals surface area contributed by atoms with Crippen molar-refractivity contribution in [2.45, 2.75) is 52.1 Å². The predicted molar refractivity (Wildman–Crippen MR) is 184 cm³/mol. The topological polar surface area (TPSA) is 117 Å². The van der Waals surface area contributed by atoms with Crippen LogP contribution in [0.25, 0.3) is 5.70 Å². The van der Waals surface area contributed by atoms with Crippen LogP contribution in [-0.4, -0.2) is 61.1 Å². The van der Waals surface area contributed by atoms with Gasteiger partial charge in [0.05, 0.1) is 26.4 Å². The third-order valence-corrected chi connectivity index (χ3v) is 8.06. The fourth-order valence-corrected chi connectivity index (χ4v) is 5.34. The van der Waals surface area contributed by atoms with Crippen molar-refractivity contribution in [3.05, 3.63) is 83.7 Å². The highest BCUT2D eigenvalue weighted by Crippen LogP contribution is 2.24. The Kier molecular flexibility index (Phi) is 14.5. The summed E-state index contributed by atoms with van der Waals surface area (Å²) < 4.78 is 33.3. The molecule has 2 aliphatic heterocycles. The lowest BCUT2D eigenvalue weighted by Gasteiger charge is -2.32. The number of nitrogens with one attached hydrogen (secondary N) is 2. The smallest absolute Gasteiger partial charge is 0.314 e. The van der Waals surface area contributed by atoms with E-state index < -0.39 is 17.3 Å². The second-order valence-electron chi connectivity index (χ2n) is 11.3. The van der Waals surface area contributed by atoms with E-state index in [9.17, 15) is 8.78 Å². The molecule has 2 fully saturated rings. The number of benzene rings is 2. The van der Waals surface area contributed by atoms with Gasteiger partial charge in [-0.05, 0) is 68.0 Å². The number of nitrogen functional groups attached to an aromatic ring is 1. The van der Waals surface area contributed by atoms with E-state index >= 15 is 0 Å². The van der Waals surface area contributed by atoms with E-state index in [2.05, 4.69) is 82.7 Å². The molecular weight excluding hydrogens is 586 g/mol. The number of halogens is 2. The highest BCUT2D eigenvalue weighted by molar-refractivity contribution is 5.97. The van der Waals surface area contributed by atoms with E-state index in [-0.39, 0.29) is 6.67 Å². The summed E-state index contributed by atoms with van der Waals surface area (Å²) in [6.07, 6.45) is 13.2. The summed E-state index contributed by atoms with van der Waals surface area (Å²) in [6, 6.07) is 11.4. The summed E-state index contributed by atoms with van der Waals surface area (Å²) in [4.78, 5) is 13.4. The molecule has 11 heteroatoms. The molecule has 9 nitrogen and oxygen atoms in total. The van der Waals surface area contributed by atoms with Crippen molar-refractivity contribution in [2.75, 3.05) is 45.2 Å². The largest absolute Gasteiger partial charge is 0.464 e. The number of hydrogen-bond donors (Lipinski definition) is 4. The van der Waals surface area contributed by atoms with E-state index in [0.29, 0.717) is 49.4 Å². The molecule has 2 saturated heterocycles. The first kappa shape index (κ1) is 36.1. The molecule has 0 amide bonds. The van der Waals surface area contributed by atoms with Crippen LogP contribution < -0.4 is 22.1 Å². The van der Waals surface area contributed by atoms with Crippen molar-refractivity contribution in [2.24, 2.45) is 21.6 Å². The summed E-state index contributed by atoms with van der Waals surface area (Å²) in [5.74, 6) is 0.659. The van der Waals surface area contributed by atoms with Crippen LogP contribution >= 0.6 is 0 Å². The maximum atomic E-state index is 13.8. The van der Waals surface area contributed by atoms with Gasteiger partial charge in [0.1, 0.15) is 29.0 Å². The van der Waals surface area contributed by atoms with Crippen LogP contribution in [0.4, 0.5) is 14.5 Å². The van der Waals surface area contributed by atoms with Crippen molar-refractivity contribution >= 4 is 23.2 Å². The molecule has 0 saturated carbocycles. The number of terminal acetylenes is 1. The van der Waals surface area contributed by atoms with E-state index in [1.165, 1.54) is 17.7 Å². The number of piperidine rings is 1. The van der Waals surface area contributed by atoms with Gasteiger partial charge in [-0.3, -0.25) is 4.90 Å². The molecule has 0 aromatic heterocycles. The fourth-order valence-electron chi connectivity index (χ4n) is 5.34. The number of unbranched alkanes of at least 4 members (excludes halogenated alkanes) is 1. The first-order valence-corrected chi connectivity index (χ1v) is 15.7. The highest BCUT2D eigenvalue weighted by Gasteiger charge is 2.24. The monoisotopic (exact) mass is 634 g/mol. The number of rotatable bonds is 13. The Morgan fingerprint density at radius 2 is 1.74 bits per heavy atom. The Morgan fingerprint density at radius 1 is 1.11 bits per heavy atom. The molecule has 2 aromatic rings. The molecular formula is C35H48F2N8O. The zero-order valence-electron chi connectivity index (χ0n) is 26.9. The minimum absolute atomic E-state index is 0.122. The zero-order chi connectivity index (χ0) is 33.5. The Balaban J connectivity index is 0.00000282. The second kappa shape index (κ2) is 18.5. The van der Waals surface area contributed by atoms with Crippen LogP contribution in [0.5, 0.6) is 0 Å². The van der Waals surface area contributed by atoms with Crippen molar-refractivity contribution in [1.82, 2.24) is 20.4 Å². The van der Waals surface area contributed by atoms with Crippen molar-refractivity contribution in [1.29, 1.82) is 0 Å². The van der Waals surface area contributed by atoms with E-state index in [4.69, 9.17) is 16.2 Å². The van der Waals surface area contributed by atoms with Gasteiger partial charge in [-0.2, -0.15) is 4.99 Å². The van der Waals surface area contributed by atoms with E-state index in [0.717, 1.165) is 69.0 Å². The molecule has 0 bridgehead atoms. The van der Waals surface area contributed by atoms with Crippen LogP contribution in [0.15, 0.2) is 65.4 Å². The van der Waals surface area contributed by atoms with Gasteiger partial charge >= 0.3 is 6.02 Å². The first-order valence-electron chi connectivity index (χ1n) is 15.7. The predicted octanol–water partition coefficient (Wildman–Crippen LogP) is 5.02. The van der Waals surface area contributed by atoms with Gasteiger partial charge in [0.15, 0.2) is 0 Å². The lowest BCUT2D eigenvalue weighted by atomic mass is 9.93. The molecule has 0 aliphatic carbocycles. The average Bonchev–Trinajstić information content (AvgIpc) is 3.40. The normalized spacial score (nSPS) is 16.6. The molecule has 4 rings (SSSR count). The third kappa shape index (κ3) is 10.6. The second-order valence-corrected chi connectivity index (χ2v) is 11.3. The van der Waals surface area contributed by atoms with Gasteiger partial charge in [0, 0.05) is 24.4 Å². The van der Waals surface area contributed by atoms with Gasteiger partial charge in [0.25, 0.3) is 0 Å². The summed E-state index contributed by atoms with van der Waals surface area (Å²) in [7, 11) is 0. The van der Waals surface area contributed by atoms with Gasteiger partial charge < -0.3 is 31.7 Å². The molecule has 6 N–H and O–H groups in total. The molecule has 2 aromatic carbocycles. The lowest BCUT2D eigenvalue weighted by Crippen LogP contribution is -2.34. The summed E-state index contributed by atoms with van der Waals surface area (Å²) >= 11 is 0. The standard InChI is InChI=1S/C33H46F2N8O.C2H2/c1-4-5-16-44-33(40-22-36)41-31-19-39-24(3)43(31)21-27-8-6-26(7-9-27)20-42-14-11-25(12-15-42)10-13-38-23(2)28-17-29(34)32(37)30(35)18-28;1-2/h6-9,17-18,25,38-39H,2-5,10-16,19-22,36-37H2,1H3;1-2H/b40-33+,41-31+;. The van der Waals surface area contributed by atoms with Gasteiger partial charge in [-0.25, -0.2) is 13.8 Å². The number of amidine groups is 2. The molecule has 248 valence electrons. The summed E-state index contributed by atoms with van der Waals surface area (Å²) in [5, 5.41) is 6.48. The number of ether oxygens (including phenoxy) is 1. The van der Waals surface area contributed by atoms with E-state index in [1.54, 1.807) is 0 Å². The molecule has 0 spiro atoms. The molecule has 0 unspecified atom stereocenters. The molecule has 2 aliphatic rings. The Labute approximate surface area is 272 Å². The van der Waals surface area contributed by atoms with Crippen molar-refractivity contribution < 1.29 is 13.5 Å². The lowest BCUT2D eigenvalue weighted by molar-refractivity contribution is 0.172. The average molecular weight is 635 g/mol. The number of aliphatic imine (C=N–C) groups is 2. The molecule has 46 heavy (non-hydrogen) atoms. The zero-order valence-corrected chi connectivity index (χ0v) is 26.9. The van der Waals surface area contributed by atoms with Crippen LogP contribution in [0, 0.1) is 30.4 Å². The minimum atomic E-state index is -0.769. The Bertz CT molecular complexity index is 1360. The number of anilines is 1. The van der Waals surface area contributed by atoms with Crippen LogP contribution in [0.2, 0.25) is 0 Å². The highest BCUT2D eigenvalue weighted by atomic mass is 19.1. The number of nitrogens with zero attached hydrogens (tertiary/aromatic N) is 4. The molecule has 0 atom stereocenters. The van der Waals surface area contributed by atoms with Crippen molar-refractivity contribution in [3.63, 3.8) is 0 Å². The third-order valence-electron chi connectivity index (χ3n) is 8.06. The summed E-state index contributed by atoms with van der Waals surface area (Å²) in [6.45, 7) is 15.7. The summed E-state index contributed by atoms with van der Waals surface area (Å²) in [5.41, 5.74) is 13.8. The number of hydrogen-bond acceptors (Lipinski definition) is 7. The molecule has 0 radical (unpaired) electrons. The van der Waals surface area contributed by atoms with Crippen LogP contribution in [-0.2, 0) is 17.8 Å². The Morgan fingerprint density at radius 3 is 2.35 bits per heavy atom. The fraction of sp³-hybridized carbons (Fsp3) is 0.429.